The smallest absolute Gasteiger partial charge is 0.346 e. The van der Waals surface area contributed by atoms with Crippen LogP contribution in [0.5, 0.6) is 0 Å². The molecule has 0 aromatic heterocycles. The summed E-state index contributed by atoms with van der Waals surface area (Å²) in [5.74, 6) is -0.569. The van der Waals surface area contributed by atoms with Crippen molar-refractivity contribution >= 4 is 21.8 Å². The highest BCUT2D eigenvalue weighted by Crippen LogP contribution is 2.35. The Morgan fingerprint density at radius 1 is 1.50 bits per heavy atom. The van der Waals surface area contributed by atoms with Crippen LogP contribution in [0.1, 0.15) is 22.8 Å². The van der Waals surface area contributed by atoms with Crippen LogP contribution in [0.25, 0.3) is 0 Å². The molecule has 0 bridgehead atoms. The first-order valence-electron chi connectivity index (χ1n) is 5.06. The quantitative estimate of drug-likeness (QED) is 0.843. The third-order valence-electron chi connectivity index (χ3n) is 2.25. The first kappa shape index (κ1) is 14.8. The van der Waals surface area contributed by atoms with Gasteiger partial charge in [0.05, 0.1) is 5.56 Å². The fraction of sp³-hybridized carbons (Fsp3) is 0.250. The highest BCUT2D eigenvalue weighted by Gasteiger charge is 2.33. The molecule has 0 aliphatic heterocycles. The van der Waals surface area contributed by atoms with Crippen LogP contribution in [-0.2, 0) is 6.18 Å². The minimum atomic E-state index is -4.50. The van der Waals surface area contributed by atoms with Gasteiger partial charge < -0.3 is 5.32 Å². The summed E-state index contributed by atoms with van der Waals surface area (Å²) in [6.45, 7) is 5.15. The lowest BCUT2D eigenvalue weighted by Crippen LogP contribution is -2.31. The second-order valence-corrected chi connectivity index (χ2v) is 4.54. The molecular weight excluding hydrogens is 311 g/mol. The van der Waals surface area contributed by atoms with E-state index in [9.17, 15) is 18.0 Å². The Labute approximate surface area is 111 Å². The van der Waals surface area contributed by atoms with Crippen molar-refractivity contribution < 1.29 is 18.0 Å². The van der Waals surface area contributed by atoms with Gasteiger partial charge in [-0.1, -0.05) is 22.0 Å². The molecule has 1 unspecified atom stereocenters. The minimum Gasteiger partial charge on any atom is -0.346 e. The third kappa shape index (κ3) is 3.60. The molecule has 98 valence electrons. The number of hydrogen-bond acceptors (Lipinski definition) is 1. The van der Waals surface area contributed by atoms with E-state index in [0.717, 1.165) is 6.07 Å². The summed E-state index contributed by atoms with van der Waals surface area (Å²) < 4.78 is 37.8. The zero-order valence-electron chi connectivity index (χ0n) is 9.51. The van der Waals surface area contributed by atoms with E-state index in [0.29, 0.717) is 0 Å². The van der Waals surface area contributed by atoms with E-state index in [4.69, 9.17) is 0 Å². The van der Waals surface area contributed by atoms with Crippen molar-refractivity contribution in [1.82, 2.24) is 5.32 Å². The van der Waals surface area contributed by atoms with Crippen LogP contribution in [0.15, 0.2) is 35.3 Å². The summed E-state index contributed by atoms with van der Waals surface area (Å²) in [7, 11) is 0. The maximum atomic E-state index is 12.6. The van der Waals surface area contributed by atoms with E-state index in [1.54, 1.807) is 6.92 Å². The molecule has 1 amide bonds. The van der Waals surface area contributed by atoms with Crippen LogP contribution in [0.3, 0.4) is 0 Å². The molecule has 0 heterocycles. The fourth-order valence-corrected chi connectivity index (χ4v) is 1.70. The molecule has 0 saturated heterocycles. The molecule has 0 aliphatic rings. The second kappa shape index (κ2) is 5.56. The minimum absolute atomic E-state index is 0.0424. The van der Waals surface area contributed by atoms with E-state index in [1.807, 2.05) is 0 Å². The highest BCUT2D eigenvalue weighted by atomic mass is 79.9. The van der Waals surface area contributed by atoms with Gasteiger partial charge >= 0.3 is 6.18 Å². The Morgan fingerprint density at radius 2 is 2.11 bits per heavy atom. The summed E-state index contributed by atoms with van der Waals surface area (Å²) in [6, 6.07) is 3.03. The van der Waals surface area contributed by atoms with Crippen LogP contribution in [0, 0.1) is 0 Å². The standard InChI is InChI=1S/C12H11BrF3NO/c1-3-7(2)17-11(18)8-4-5-10(13)9(6-8)12(14,15)16/h3-7H,1H2,2H3,(H,17,18). The van der Waals surface area contributed by atoms with Crippen LogP contribution in [0.4, 0.5) is 13.2 Å². The predicted octanol–water partition coefficient (Wildman–Crippen LogP) is 3.77. The van der Waals surface area contributed by atoms with E-state index in [-0.39, 0.29) is 16.1 Å². The van der Waals surface area contributed by atoms with E-state index in [1.165, 1.54) is 18.2 Å². The molecule has 0 spiro atoms. The number of carbonyl (C=O) groups excluding carboxylic acids is 1. The van der Waals surface area contributed by atoms with Crippen molar-refractivity contribution in [2.24, 2.45) is 0 Å². The zero-order valence-corrected chi connectivity index (χ0v) is 11.1. The predicted molar refractivity (Wildman–Crippen MR) is 66.3 cm³/mol. The average molecular weight is 322 g/mol. The van der Waals surface area contributed by atoms with Crippen LogP contribution in [-0.4, -0.2) is 11.9 Å². The molecule has 1 aromatic carbocycles. The number of amides is 1. The second-order valence-electron chi connectivity index (χ2n) is 3.69. The molecule has 2 nitrogen and oxygen atoms in total. The monoisotopic (exact) mass is 321 g/mol. The molecule has 0 radical (unpaired) electrons. The molecular formula is C12H11BrF3NO. The average Bonchev–Trinajstić information content (AvgIpc) is 2.27. The van der Waals surface area contributed by atoms with Crippen molar-refractivity contribution in [2.45, 2.75) is 19.1 Å². The van der Waals surface area contributed by atoms with Crippen molar-refractivity contribution in [3.63, 3.8) is 0 Å². The molecule has 18 heavy (non-hydrogen) atoms. The molecule has 1 atom stereocenters. The maximum Gasteiger partial charge on any atom is 0.417 e. The summed E-state index contributed by atoms with van der Waals surface area (Å²) >= 11 is 2.81. The van der Waals surface area contributed by atoms with Crippen LogP contribution < -0.4 is 5.32 Å². The van der Waals surface area contributed by atoms with Gasteiger partial charge in [-0.3, -0.25) is 4.79 Å². The summed E-state index contributed by atoms with van der Waals surface area (Å²) in [5, 5.41) is 2.50. The number of alkyl halides is 3. The topological polar surface area (TPSA) is 29.1 Å². The van der Waals surface area contributed by atoms with Crippen molar-refractivity contribution in [3.8, 4) is 0 Å². The summed E-state index contributed by atoms with van der Waals surface area (Å²) in [4.78, 5) is 11.7. The number of hydrogen-bond donors (Lipinski definition) is 1. The largest absolute Gasteiger partial charge is 0.417 e. The Bertz CT molecular complexity index is 471. The molecule has 0 fully saturated rings. The van der Waals surface area contributed by atoms with Crippen molar-refractivity contribution in [3.05, 3.63) is 46.5 Å². The Balaban J connectivity index is 3.05. The zero-order chi connectivity index (χ0) is 13.9. The van der Waals surface area contributed by atoms with E-state index in [2.05, 4.69) is 27.8 Å². The van der Waals surface area contributed by atoms with E-state index >= 15 is 0 Å². The lowest BCUT2D eigenvalue weighted by Gasteiger charge is -2.13. The van der Waals surface area contributed by atoms with E-state index < -0.39 is 17.6 Å². The summed E-state index contributed by atoms with van der Waals surface area (Å²) in [6.07, 6.45) is -3.01. The number of halogens is 4. The van der Waals surface area contributed by atoms with Gasteiger partial charge in [0.25, 0.3) is 5.91 Å². The van der Waals surface area contributed by atoms with Crippen LogP contribution in [0.2, 0.25) is 0 Å². The highest BCUT2D eigenvalue weighted by molar-refractivity contribution is 9.10. The molecule has 0 saturated carbocycles. The summed E-state index contributed by atoms with van der Waals surface area (Å²) in [5.41, 5.74) is -0.916. The number of benzene rings is 1. The normalized spacial score (nSPS) is 12.9. The SMILES string of the molecule is C=CC(C)NC(=O)c1ccc(Br)c(C(F)(F)F)c1. The van der Waals surface area contributed by atoms with Gasteiger partial charge in [0.1, 0.15) is 0 Å². The maximum absolute atomic E-state index is 12.6. The van der Waals surface area contributed by atoms with Gasteiger partial charge in [-0.15, -0.1) is 6.58 Å². The molecule has 1 N–H and O–H groups in total. The Kier molecular flexibility index (Phi) is 4.56. The lowest BCUT2D eigenvalue weighted by atomic mass is 10.1. The number of rotatable bonds is 3. The van der Waals surface area contributed by atoms with Gasteiger partial charge in [-0.05, 0) is 25.1 Å². The van der Waals surface area contributed by atoms with Gasteiger partial charge in [0, 0.05) is 16.1 Å². The number of nitrogens with one attached hydrogen (secondary N) is 1. The first-order chi connectivity index (χ1) is 8.25. The molecule has 0 aliphatic carbocycles. The van der Waals surface area contributed by atoms with Crippen LogP contribution >= 0.6 is 15.9 Å². The molecule has 6 heteroatoms. The molecule has 1 aromatic rings. The van der Waals surface area contributed by atoms with Gasteiger partial charge in [0.2, 0.25) is 0 Å². The van der Waals surface area contributed by atoms with Gasteiger partial charge in [0.15, 0.2) is 0 Å². The van der Waals surface area contributed by atoms with Gasteiger partial charge in [-0.25, -0.2) is 0 Å². The lowest BCUT2D eigenvalue weighted by molar-refractivity contribution is -0.138. The first-order valence-corrected chi connectivity index (χ1v) is 5.85. The molecule has 1 rings (SSSR count). The van der Waals surface area contributed by atoms with Crippen molar-refractivity contribution in [1.29, 1.82) is 0 Å². The number of carbonyl (C=O) groups is 1. The Hall–Kier alpha value is -1.30. The third-order valence-corrected chi connectivity index (χ3v) is 2.94. The van der Waals surface area contributed by atoms with Gasteiger partial charge in [-0.2, -0.15) is 13.2 Å². The fourth-order valence-electron chi connectivity index (χ4n) is 1.23. The van der Waals surface area contributed by atoms with Crippen molar-refractivity contribution in [2.75, 3.05) is 0 Å². The Morgan fingerprint density at radius 3 is 2.61 bits per heavy atom.